The zero-order chi connectivity index (χ0) is 16.1. The van der Waals surface area contributed by atoms with Crippen LogP contribution in [0.1, 0.15) is 32.6 Å². The summed E-state index contributed by atoms with van der Waals surface area (Å²) in [6.45, 7) is 7.52. The van der Waals surface area contributed by atoms with Crippen LogP contribution in [0.15, 0.2) is 12.4 Å². The highest BCUT2D eigenvalue weighted by molar-refractivity contribution is 5.89. The van der Waals surface area contributed by atoms with E-state index in [2.05, 4.69) is 20.6 Å². The van der Waals surface area contributed by atoms with Crippen molar-refractivity contribution in [2.45, 2.75) is 44.7 Å². The second-order valence-corrected chi connectivity index (χ2v) is 6.84. The highest BCUT2D eigenvalue weighted by Crippen LogP contribution is 2.17. The van der Waals surface area contributed by atoms with Crippen molar-refractivity contribution < 1.29 is 9.53 Å². The summed E-state index contributed by atoms with van der Waals surface area (Å²) in [4.78, 5) is 14.5. The summed E-state index contributed by atoms with van der Waals surface area (Å²) in [7, 11) is 0. The Kier molecular flexibility index (Phi) is 5.17. The molecular formula is C16H27N5O2. The quantitative estimate of drug-likeness (QED) is 0.865. The Morgan fingerprint density at radius 2 is 2.17 bits per heavy atom. The molecule has 1 aromatic heterocycles. The van der Waals surface area contributed by atoms with Crippen LogP contribution in [-0.4, -0.2) is 59.1 Å². The van der Waals surface area contributed by atoms with Crippen molar-refractivity contribution in [3.05, 3.63) is 12.4 Å². The van der Waals surface area contributed by atoms with E-state index in [0.29, 0.717) is 13.2 Å². The minimum absolute atomic E-state index is 0.200. The first-order valence-corrected chi connectivity index (χ1v) is 8.55. The third kappa shape index (κ3) is 4.68. The van der Waals surface area contributed by atoms with Crippen molar-refractivity contribution in [3.8, 4) is 0 Å². The number of carbonyl (C=O) groups excluding carboxylic acids is 1. The van der Waals surface area contributed by atoms with Crippen molar-refractivity contribution in [1.82, 2.24) is 20.0 Å². The fraction of sp³-hybridized carbons (Fsp3) is 0.750. The van der Waals surface area contributed by atoms with Gasteiger partial charge in [0, 0.05) is 19.3 Å². The molecule has 2 saturated heterocycles. The van der Waals surface area contributed by atoms with Crippen LogP contribution < -0.4 is 10.6 Å². The number of hydrogen-bond donors (Lipinski definition) is 2. The number of hydrogen-bond acceptors (Lipinski definition) is 4. The van der Waals surface area contributed by atoms with Crippen LogP contribution in [-0.2, 0) is 11.3 Å². The van der Waals surface area contributed by atoms with Gasteiger partial charge in [-0.15, -0.1) is 0 Å². The SMILES string of the molecule is C[C@]1(NC(=O)Nc2cnn(CCN3CCCCC3)c2)CCOC1. The molecule has 1 atom stereocenters. The molecule has 2 N–H and O–H groups in total. The van der Waals surface area contributed by atoms with Gasteiger partial charge in [-0.2, -0.15) is 5.10 Å². The number of rotatable bonds is 5. The number of anilines is 1. The first-order valence-electron chi connectivity index (χ1n) is 8.55. The van der Waals surface area contributed by atoms with Gasteiger partial charge >= 0.3 is 6.03 Å². The molecule has 3 rings (SSSR count). The Morgan fingerprint density at radius 3 is 2.91 bits per heavy atom. The van der Waals surface area contributed by atoms with Gasteiger partial charge in [0.15, 0.2) is 0 Å². The van der Waals surface area contributed by atoms with E-state index in [1.165, 1.54) is 32.4 Å². The Labute approximate surface area is 137 Å². The number of nitrogens with one attached hydrogen (secondary N) is 2. The predicted octanol–water partition coefficient (Wildman–Crippen LogP) is 1.67. The topological polar surface area (TPSA) is 71.4 Å². The lowest BCUT2D eigenvalue weighted by molar-refractivity contribution is 0.172. The minimum Gasteiger partial charge on any atom is -0.379 e. The maximum absolute atomic E-state index is 12.1. The van der Waals surface area contributed by atoms with E-state index in [0.717, 1.165) is 25.2 Å². The zero-order valence-corrected chi connectivity index (χ0v) is 13.9. The molecule has 0 unspecified atom stereocenters. The second kappa shape index (κ2) is 7.31. The Bertz CT molecular complexity index is 518. The first kappa shape index (κ1) is 16.3. The highest BCUT2D eigenvalue weighted by atomic mass is 16.5. The van der Waals surface area contributed by atoms with Gasteiger partial charge in [0.1, 0.15) is 0 Å². The Balaban J connectivity index is 1.44. The first-order chi connectivity index (χ1) is 11.1. The molecule has 2 fully saturated rings. The molecule has 7 nitrogen and oxygen atoms in total. The predicted molar refractivity (Wildman–Crippen MR) is 88.5 cm³/mol. The molecule has 0 bridgehead atoms. The maximum Gasteiger partial charge on any atom is 0.319 e. The lowest BCUT2D eigenvalue weighted by atomic mass is 10.0. The molecule has 2 aliphatic rings. The van der Waals surface area contributed by atoms with Crippen LogP contribution >= 0.6 is 0 Å². The van der Waals surface area contributed by atoms with Crippen molar-refractivity contribution in [1.29, 1.82) is 0 Å². The molecule has 7 heteroatoms. The molecule has 128 valence electrons. The van der Waals surface area contributed by atoms with Crippen molar-refractivity contribution in [3.63, 3.8) is 0 Å². The molecule has 0 radical (unpaired) electrons. The lowest BCUT2D eigenvalue weighted by Gasteiger charge is -2.26. The average molecular weight is 321 g/mol. The molecule has 0 spiro atoms. The fourth-order valence-corrected chi connectivity index (χ4v) is 3.18. The Morgan fingerprint density at radius 1 is 1.35 bits per heavy atom. The van der Waals surface area contributed by atoms with Gasteiger partial charge in [-0.25, -0.2) is 4.79 Å². The van der Waals surface area contributed by atoms with E-state index >= 15 is 0 Å². The number of urea groups is 1. The smallest absolute Gasteiger partial charge is 0.319 e. The third-order valence-corrected chi connectivity index (χ3v) is 4.62. The molecule has 1 aromatic rings. The summed E-state index contributed by atoms with van der Waals surface area (Å²) in [6.07, 6.45) is 8.38. The molecule has 2 amide bonds. The van der Waals surface area contributed by atoms with Crippen molar-refractivity contribution >= 4 is 11.7 Å². The van der Waals surface area contributed by atoms with E-state index in [-0.39, 0.29) is 11.6 Å². The second-order valence-electron chi connectivity index (χ2n) is 6.84. The molecule has 23 heavy (non-hydrogen) atoms. The van der Waals surface area contributed by atoms with E-state index < -0.39 is 0 Å². The number of ether oxygens (including phenoxy) is 1. The number of carbonyl (C=O) groups is 1. The van der Waals surface area contributed by atoms with Crippen LogP contribution in [0.2, 0.25) is 0 Å². The maximum atomic E-state index is 12.1. The lowest BCUT2D eigenvalue weighted by Crippen LogP contribution is -2.48. The van der Waals surface area contributed by atoms with Gasteiger partial charge in [0.25, 0.3) is 0 Å². The van der Waals surface area contributed by atoms with Gasteiger partial charge in [-0.3, -0.25) is 4.68 Å². The van der Waals surface area contributed by atoms with Crippen LogP contribution in [0.4, 0.5) is 10.5 Å². The summed E-state index contributed by atoms with van der Waals surface area (Å²) < 4.78 is 7.23. The molecule has 3 heterocycles. The van der Waals surface area contributed by atoms with Gasteiger partial charge in [0.05, 0.1) is 30.6 Å². The van der Waals surface area contributed by atoms with Crippen LogP contribution in [0.5, 0.6) is 0 Å². The standard InChI is InChI=1S/C16H27N5O2/c1-16(5-10-23-13-16)19-15(22)18-14-11-17-21(12-14)9-8-20-6-3-2-4-7-20/h11-12H,2-10,13H2,1H3,(H2,18,19,22)/t16-/m0/s1. The van der Waals surface area contributed by atoms with Gasteiger partial charge in [-0.1, -0.05) is 6.42 Å². The average Bonchev–Trinajstić information content (AvgIpc) is 3.15. The highest BCUT2D eigenvalue weighted by Gasteiger charge is 2.31. The van der Waals surface area contributed by atoms with E-state index in [1.54, 1.807) is 6.20 Å². The largest absolute Gasteiger partial charge is 0.379 e. The number of piperidine rings is 1. The summed E-state index contributed by atoms with van der Waals surface area (Å²) in [5.41, 5.74) is 0.456. The zero-order valence-electron chi connectivity index (χ0n) is 13.9. The minimum atomic E-state index is -0.270. The molecular weight excluding hydrogens is 294 g/mol. The third-order valence-electron chi connectivity index (χ3n) is 4.62. The number of likely N-dealkylation sites (tertiary alicyclic amines) is 1. The summed E-state index contributed by atoms with van der Waals surface area (Å²) in [5.74, 6) is 0. The monoisotopic (exact) mass is 321 g/mol. The summed E-state index contributed by atoms with van der Waals surface area (Å²) in [5, 5.41) is 10.2. The molecule has 0 saturated carbocycles. The van der Waals surface area contributed by atoms with Crippen LogP contribution in [0.25, 0.3) is 0 Å². The number of nitrogens with zero attached hydrogens (tertiary/aromatic N) is 3. The van der Waals surface area contributed by atoms with Gasteiger partial charge < -0.3 is 20.3 Å². The van der Waals surface area contributed by atoms with Gasteiger partial charge in [0.2, 0.25) is 0 Å². The fourth-order valence-electron chi connectivity index (χ4n) is 3.18. The van der Waals surface area contributed by atoms with Crippen LogP contribution in [0, 0.1) is 0 Å². The van der Waals surface area contributed by atoms with E-state index in [4.69, 9.17) is 4.74 Å². The summed E-state index contributed by atoms with van der Waals surface area (Å²) in [6, 6.07) is -0.200. The molecule has 2 aliphatic heterocycles. The van der Waals surface area contributed by atoms with Crippen LogP contribution in [0.3, 0.4) is 0 Å². The van der Waals surface area contributed by atoms with E-state index in [1.807, 2.05) is 17.8 Å². The van der Waals surface area contributed by atoms with Crippen molar-refractivity contribution in [2.24, 2.45) is 0 Å². The number of amides is 2. The normalized spacial score (nSPS) is 25.4. The summed E-state index contributed by atoms with van der Waals surface area (Å²) >= 11 is 0. The van der Waals surface area contributed by atoms with Gasteiger partial charge in [-0.05, 0) is 39.3 Å². The molecule has 0 aromatic carbocycles. The van der Waals surface area contributed by atoms with E-state index in [9.17, 15) is 4.79 Å². The Hall–Kier alpha value is -1.60. The van der Waals surface area contributed by atoms with Crippen molar-refractivity contribution in [2.75, 3.05) is 38.2 Å². The molecule has 0 aliphatic carbocycles. The number of aromatic nitrogens is 2.